The summed E-state index contributed by atoms with van der Waals surface area (Å²) in [4.78, 5) is 3.95. The Bertz CT molecular complexity index is 382. The highest BCUT2D eigenvalue weighted by Gasteiger charge is 2.39. The summed E-state index contributed by atoms with van der Waals surface area (Å²) in [6.07, 6.45) is 1.57. The Kier molecular flexibility index (Phi) is 3.69. The highest BCUT2D eigenvalue weighted by Crippen LogP contribution is 2.30. The number of morpholine rings is 1. The Balaban J connectivity index is 2.37. The van der Waals surface area contributed by atoms with E-state index in [1.807, 2.05) is 0 Å². The second-order valence-electron chi connectivity index (χ2n) is 3.73. The van der Waals surface area contributed by atoms with Gasteiger partial charge in [-0.15, -0.1) is 0 Å². The molecule has 0 saturated carbocycles. The molecule has 1 aromatic heterocycles. The maximum atomic E-state index is 13.3. The lowest BCUT2D eigenvalue weighted by Gasteiger charge is -2.39. The average molecular weight is 263 g/mol. The summed E-state index contributed by atoms with van der Waals surface area (Å²) in [6.45, 7) is 0.0597. The molecule has 0 radical (unpaired) electrons. The van der Waals surface area contributed by atoms with Crippen LogP contribution < -0.4 is 5.32 Å². The standard InChI is InChI=1S/C10H12ClFN2OS/c11-9-7(2-1-3-13-9)10(5-12)6-15-4-8(16)14-10/h1-3,8,14,16H,4-6H2. The lowest BCUT2D eigenvalue weighted by molar-refractivity contribution is 0.00568. The minimum atomic E-state index is -0.935. The monoisotopic (exact) mass is 262 g/mol. The lowest BCUT2D eigenvalue weighted by atomic mass is 9.92. The first-order chi connectivity index (χ1) is 7.68. The Morgan fingerprint density at radius 1 is 1.75 bits per heavy atom. The van der Waals surface area contributed by atoms with Crippen molar-refractivity contribution >= 4 is 24.2 Å². The molecule has 88 valence electrons. The SMILES string of the molecule is FCC1(c2cccnc2Cl)COCC(S)N1. The van der Waals surface area contributed by atoms with Crippen molar-refractivity contribution in [2.24, 2.45) is 0 Å². The van der Waals surface area contributed by atoms with Crippen LogP contribution in [-0.4, -0.2) is 30.2 Å². The van der Waals surface area contributed by atoms with Gasteiger partial charge in [-0.25, -0.2) is 9.37 Å². The first-order valence-corrected chi connectivity index (χ1v) is 5.78. The van der Waals surface area contributed by atoms with Crippen molar-refractivity contribution in [2.45, 2.75) is 10.9 Å². The van der Waals surface area contributed by atoms with Crippen molar-refractivity contribution in [1.29, 1.82) is 0 Å². The fraction of sp³-hybridized carbons (Fsp3) is 0.500. The van der Waals surface area contributed by atoms with E-state index in [0.717, 1.165) is 0 Å². The van der Waals surface area contributed by atoms with Crippen LogP contribution in [0.15, 0.2) is 18.3 Å². The smallest absolute Gasteiger partial charge is 0.134 e. The van der Waals surface area contributed by atoms with Gasteiger partial charge in [0.25, 0.3) is 0 Å². The third-order valence-corrected chi connectivity index (χ3v) is 3.15. The number of rotatable bonds is 2. The quantitative estimate of drug-likeness (QED) is 0.630. The molecule has 1 aliphatic rings. The van der Waals surface area contributed by atoms with E-state index < -0.39 is 12.2 Å². The van der Waals surface area contributed by atoms with Gasteiger partial charge in [0.05, 0.1) is 24.1 Å². The number of halogens is 2. The molecule has 1 fully saturated rings. The highest BCUT2D eigenvalue weighted by molar-refractivity contribution is 7.80. The number of aromatic nitrogens is 1. The van der Waals surface area contributed by atoms with Crippen LogP contribution in [0, 0.1) is 0 Å². The summed E-state index contributed by atoms with van der Waals surface area (Å²) in [5.74, 6) is 0. The van der Waals surface area contributed by atoms with Crippen molar-refractivity contribution in [3.05, 3.63) is 29.0 Å². The van der Waals surface area contributed by atoms with Gasteiger partial charge in [0.2, 0.25) is 0 Å². The Hall–Kier alpha value is -0.360. The van der Waals surface area contributed by atoms with E-state index in [1.165, 1.54) is 0 Å². The molecule has 0 amide bonds. The van der Waals surface area contributed by atoms with Crippen LogP contribution in [0.4, 0.5) is 4.39 Å². The number of pyridine rings is 1. The molecule has 0 aromatic carbocycles. The maximum absolute atomic E-state index is 13.3. The Morgan fingerprint density at radius 3 is 3.19 bits per heavy atom. The molecule has 1 aromatic rings. The van der Waals surface area contributed by atoms with Crippen LogP contribution in [-0.2, 0) is 10.3 Å². The number of hydrogen-bond acceptors (Lipinski definition) is 4. The number of thiol groups is 1. The summed E-state index contributed by atoms with van der Waals surface area (Å²) >= 11 is 10.2. The van der Waals surface area contributed by atoms with E-state index in [9.17, 15) is 4.39 Å². The molecule has 0 aliphatic carbocycles. The predicted molar refractivity (Wildman–Crippen MR) is 63.6 cm³/mol. The Labute approximate surface area is 104 Å². The van der Waals surface area contributed by atoms with E-state index >= 15 is 0 Å². The lowest BCUT2D eigenvalue weighted by Crippen LogP contribution is -2.56. The van der Waals surface area contributed by atoms with Gasteiger partial charge in [-0.3, -0.25) is 5.32 Å². The van der Waals surface area contributed by atoms with Gasteiger partial charge in [0.1, 0.15) is 11.8 Å². The number of hydrogen-bond donors (Lipinski definition) is 2. The summed E-state index contributed by atoms with van der Waals surface area (Å²) in [5.41, 5.74) is -0.325. The minimum Gasteiger partial charge on any atom is -0.377 e. The molecule has 1 N–H and O–H groups in total. The van der Waals surface area contributed by atoms with Gasteiger partial charge < -0.3 is 4.74 Å². The third-order valence-electron chi connectivity index (χ3n) is 2.57. The molecule has 1 saturated heterocycles. The fourth-order valence-corrected chi connectivity index (χ4v) is 2.45. The molecule has 2 rings (SSSR count). The highest BCUT2D eigenvalue weighted by atomic mass is 35.5. The molecule has 2 heterocycles. The summed E-state index contributed by atoms with van der Waals surface area (Å²) in [7, 11) is 0. The van der Waals surface area contributed by atoms with Gasteiger partial charge in [-0.05, 0) is 6.07 Å². The van der Waals surface area contributed by atoms with Gasteiger partial charge in [-0.2, -0.15) is 12.6 Å². The molecule has 16 heavy (non-hydrogen) atoms. The second kappa shape index (κ2) is 4.87. The van der Waals surface area contributed by atoms with Crippen molar-refractivity contribution in [3.63, 3.8) is 0 Å². The predicted octanol–water partition coefficient (Wildman–Crippen LogP) is 1.78. The van der Waals surface area contributed by atoms with E-state index in [2.05, 4.69) is 22.9 Å². The second-order valence-corrected chi connectivity index (χ2v) is 4.71. The number of nitrogens with zero attached hydrogens (tertiary/aromatic N) is 1. The van der Waals surface area contributed by atoms with E-state index in [1.54, 1.807) is 18.3 Å². The zero-order valence-electron chi connectivity index (χ0n) is 8.49. The van der Waals surface area contributed by atoms with E-state index in [0.29, 0.717) is 17.3 Å². The molecular weight excluding hydrogens is 251 g/mol. The molecule has 6 heteroatoms. The van der Waals surface area contributed by atoms with Crippen molar-refractivity contribution in [2.75, 3.05) is 19.9 Å². The molecule has 1 aliphatic heterocycles. The summed E-state index contributed by atoms with van der Waals surface area (Å²) < 4.78 is 18.6. The van der Waals surface area contributed by atoms with Gasteiger partial charge in [0.15, 0.2) is 0 Å². The summed E-state index contributed by atoms with van der Waals surface area (Å²) in [5, 5.41) is 3.16. The fourth-order valence-electron chi connectivity index (χ4n) is 1.79. The van der Waals surface area contributed by atoms with Crippen molar-refractivity contribution in [1.82, 2.24) is 10.3 Å². The van der Waals surface area contributed by atoms with Crippen LogP contribution in [0.5, 0.6) is 0 Å². The van der Waals surface area contributed by atoms with E-state index in [4.69, 9.17) is 16.3 Å². The van der Waals surface area contributed by atoms with Crippen LogP contribution in [0.2, 0.25) is 5.15 Å². The Morgan fingerprint density at radius 2 is 2.56 bits per heavy atom. The van der Waals surface area contributed by atoms with E-state index in [-0.39, 0.29) is 12.0 Å². The molecule has 2 unspecified atom stereocenters. The molecular formula is C10H12ClFN2OS. The molecule has 2 atom stereocenters. The first kappa shape index (κ1) is 12.1. The minimum absolute atomic E-state index is 0.208. The zero-order chi connectivity index (χ0) is 11.6. The van der Waals surface area contributed by atoms with Crippen LogP contribution in [0.1, 0.15) is 5.56 Å². The topological polar surface area (TPSA) is 34.1 Å². The molecule has 3 nitrogen and oxygen atoms in total. The molecule has 0 spiro atoms. The van der Waals surface area contributed by atoms with Crippen LogP contribution in [0.3, 0.4) is 0 Å². The molecule has 0 bridgehead atoms. The van der Waals surface area contributed by atoms with Crippen molar-refractivity contribution < 1.29 is 9.13 Å². The number of ether oxygens (including phenoxy) is 1. The number of alkyl halides is 1. The first-order valence-electron chi connectivity index (χ1n) is 4.88. The van der Waals surface area contributed by atoms with Crippen LogP contribution in [0.25, 0.3) is 0 Å². The largest absolute Gasteiger partial charge is 0.377 e. The summed E-state index contributed by atoms with van der Waals surface area (Å²) in [6, 6.07) is 3.47. The average Bonchev–Trinajstić information content (AvgIpc) is 2.29. The van der Waals surface area contributed by atoms with Crippen molar-refractivity contribution in [3.8, 4) is 0 Å². The normalized spacial score (nSPS) is 30.3. The van der Waals surface area contributed by atoms with Gasteiger partial charge in [-0.1, -0.05) is 17.7 Å². The maximum Gasteiger partial charge on any atom is 0.134 e. The van der Waals surface area contributed by atoms with Crippen LogP contribution >= 0.6 is 24.2 Å². The third kappa shape index (κ3) is 2.18. The zero-order valence-corrected chi connectivity index (χ0v) is 10.1. The van der Waals surface area contributed by atoms with Gasteiger partial charge in [0, 0.05) is 11.8 Å². The number of nitrogens with one attached hydrogen (secondary N) is 1. The van der Waals surface area contributed by atoms with Gasteiger partial charge >= 0.3 is 0 Å².